The summed E-state index contributed by atoms with van der Waals surface area (Å²) in [6, 6.07) is 12.5. The normalized spacial score (nSPS) is 14.2. The Morgan fingerprint density at radius 3 is 2.93 bits per heavy atom. The summed E-state index contributed by atoms with van der Waals surface area (Å²) in [6.07, 6.45) is 1.95. The standard InChI is InChI=1S/C22H20BrN3O2S/c1-27-12-19-24-21(26-9-5-8-17-15(11-26)10-18(23)28-17)20-16(13-29-22(20)25-19)14-6-3-2-4-7-14/h2-4,6-7,10,13H,5,8-9,11-12H2,1H3. The molecule has 4 aromatic rings. The van der Waals surface area contributed by atoms with E-state index in [9.17, 15) is 0 Å². The molecule has 0 radical (unpaired) electrons. The Morgan fingerprint density at radius 1 is 1.24 bits per heavy atom. The number of fused-ring (bicyclic) bond motifs is 2. The smallest absolute Gasteiger partial charge is 0.169 e. The Morgan fingerprint density at radius 2 is 2.10 bits per heavy atom. The first-order chi connectivity index (χ1) is 14.2. The third kappa shape index (κ3) is 3.58. The van der Waals surface area contributed by atoms with Crippen LogP contribution in [0.2, 0.25) is 0 Å². The van der Waals surface area contributed by atoms with Crippen molar-refractivity contribution in [3.05, 3.63) is 63.6 Å². The minimum absolute atomic E-state index is 0.401. The summed E-state index contributed by atoms with van der Waals surface area (Å²) in [5, 5.41) is 3.30. The van der Waals surface area contributed by atoms with Gasteiger partial charge in [0.15, 0.2) is 10.5 Å². The summed E-state index contributed by atoms with van der Waals surface area (Å²) in [4.78, 5) is 13.1. The fourth-order valence-corrected chi connectivity index (χ4v) is 5.32. The number of aromatic nitrogens is 2. The monoisotopic (exact) mass is 469 g/mol. The Bertz CT molecular complexity index is 1160. The maximum Gasteiger partial charge on any atom is 0.169 e. The van der Waals surface area contributed by atoms with Crippen LogP contribution in [0.5, 0.6) is 0 Å². The molecule has 29 heavy (non-hydrogen) atoms. The number of halogens is 1. The van der Waals surface area contributed by atoms with Gasteiger partial charge in [0.05, 0.1) is 5.39 Å². The fourth-order valence-electron chi connectivity index (χ4n) is 3.89. The lowest BCUT2D eigenvalue weighted by Crippen LogP contribution is -2.24. The third-order valence-electron chi connectivity index (χ3n) is 5.18. The van der Waals surface area contributed by atoms with Crippen molar-refractivity contribution in [1.29, 1.82) is 0 Å². The van der Waals surface area contributed by atoms with Crippen LogP contribution in [0.15, 0.2) is 50.9 Å². The number of rotatable bonds is 4. The van der Waals surface area contributed by atoms with Gasteiger partial charge in [0.2, 0.25) is 0 Å². The van der Waals surface area contributed by atoms with Gasteiger partial charge in [-0.25, -0.2) is 9.97 Å². The second-order valence-corrected chi connectivity index (χ2v) is 8.76. The maximum atomic E-state index is 5.84. The predicted octanol–water partition coefficient (Wildman–Crippen LogP) is 5.81. The van der Waals surface area contributed by atoms with Crippen LogP contribution >= 0.6 is 27.3 Å². The molecule has 3 aromatic heterocycles. The average molecular weight is 470 g/mol. The van der Waals surface area contributed by atoms with Gasteiger partial charge in [0, 0.05) is 43.1 Å². The number of furan rings is 1. The minimum atomic E-state index is 0.401. The Balaban J connectivity index is 1.67. The zero-order valence-electron chi connectivity index (χ0n) is 16.0. The molecular weight excluding hydrogens is 450 g/mol. The van der Waals surface area contributed by atoms with Crippen LogP contribution in [0, 0.1) is 0 Å². The highest BCUT2D eigenvalue weighted by atomic mass is 79.9. The van der Waals surface area contributed by atoms with Gasteiger partial charge >= 0.3 is 0 Å². The molecule has 0 bridgehead atoms. The molecule has 7 heteroatoms. The van der Waals surface area contributed by atoms with Crippen LogP contribution in [-0.2, 0) is 24.3 Å². The lowest BCUT2D eigenvalue weighted by Gasteiger charge is -2.23. The highest BCUT2D eigenvalue weighted by Crippen LogP contribution is 2.39. The number of ether oxygens (including phenoxy) is 1. The molecule has 0 saturated carbocycles. The summed E-state index contributed by atoms with van der Waals surface area (Å²) in [5.41, 5.74) is 3.58. The van der Waals surface area contributed by atoms with E-state index >= 15 is 0 Å². The van der Waals surface area contributed by atoms with Gasteiger partial charge in [-0.1, -0.05) is 30.3 Å². The highest BCUT2D eigenvalue weighted by Gasteiger charge is 2.24. The fraction of sp³-hybridized carbons (Fsp3) is 0.273. The van der Waals surface area contributed by atoms with E-state index in [1.54, 1.807) is 18.4 Å². The molecule has 1 aromatic carbocycles. The van der Waals surface area contributed by atoms with E-state index < -0.39 is 0 Å². The molecular formula is C22H20BrN3O2S. The first-order valence-corrected chi connectivity index (χ1v) is 11.2. The molecule has 0 atom stereocenters. The quantitative estimate of drug-likeness (QED) is 0.377. The first-order valence-electron chi connectivity index (χ1n) is 9.57. The van der Waals surface area contributed by atoms with E-state index in [0.717, 1.165) is 52.4 Å². The number of thiophene rings is 1. The van der Waals surface area contributed by atoms with Gasteiger partial charge in [-0.2, -0.15) is 0 Å². The van der Waals surface area contributed by atoms with E-state index in [-0.39, 0.29) is 0 Å². The summed E-state index contributed by atoms with van der Waals surface area (Å²) in [7, 11) is 1.68. The van der Waals surface area contributed by atoms with E-state index in [4.69, 9.17) is 19.1 Å². The van der Waals surface area contributed by atoms with Crippen molar-refractivity contribution in [3.63, 3.8) is 0 Å². The largest absolute Gasteiger partial charge is 0.454 e. The predicted molar refractivity (Wildman–Crippen MR) is 119 cm³/mol. The van der Waals surface area contributed by atoms with E-state index in [2.05, 4.69) is 56.5 Å². The number of anilines is 1. The van der Waals surface area contributed by atoms with Gasteiger partial charge < -0.3 is 14.1 Å². The zero-order valence-corrected chi connectivity index (χ0v) is 18.4. The summed E-state index contributed by atoms with van der Waals surface area (Å²) in [6.45, 7) is 2.09. The molecule has 4 heterocycles. The van der Waals surface area contributed by atoms with E-state index in [1.807, 2.05) is 6.07 Å². The number of hydrogen-bond acceptors (Lipinski definition) is 6. The highest BCUT2D eigenvalue weighted by molar-refractivity contribution is 9.10. The maximum absolute atomic E-state index is 5.84. The Labute approximate surface area is 181 Å². The topological polar surface area (TPSA) is 51.4 Å². The molecule has 0 spiro atoms. The molecule has 0 unspecified atom stereocenters. The summed E-state index contributed by atoms with van der Waals surface area (Å²) < 4.78 is 12.0. The molecule has 0 fully saturated rings. The molecule has 0 amide bonds. The molecule has 0 N–H and O–H groups in total. The van der Waals surface area contributed by atoms with Crippen LogP contribution < -0.4 is 4.90 Å². The second-order valence-electron chi connectivity index (χ2n) is 7.12. The molecule has 1 aliphatic heterocycles. The van der Waals surface area contributed by atoms with Gasteiger partial charge in [0.1, 0.15) is 23.0 Å². The van der Waals surface area contributed by atoms with Crippen molar-refractivity contribution in [3.8, 4) is 11.1 Å². The molecule has 148 valence electrons. The van der Waals surface area contributed by atoms with Crippen molar-refractivity contribution in [1.82, 2.24) is 9.97 Å². The van der Waals surface area contributed by atoms with Crippen LogP contribution in [-0.4, -0.2) is 23.6 Å². The van der Waals surface area contributed by atoms with Gasteiger partial charge in [0.25, 0.3) is 0 Å². The lowest BCUT2D eigenvalue weighted by molar-refractivity contribution is 0.178. The molecule has 1 aliphatic rings. The van der Waals surface area contributed by atoms with Crippen molar-refractivity contribution < 1.29 is 9.15 Å². The van der Waals surface area contributed by atoms with Crippen molar-refractivity contribution >= 4 is 43.3 Å². The Hall–Kier alpha value is -2.22. The van der Waals surface area contributed by atoms with Crippen LogP contribution in [0.3, 0.4) is 0 Å². The minimum Gasteiger partial charge on any atom is -0.454 e. The second kappa shape index (κ2) is 7.89. The molecule has 5 rings (SSSR count). The Kier molecular flexibility index (Phi) is 5.11. The average Bonchev–Trinajstić information content (AvgIpc) is 3.25. The zero-order chi connectivity index (χ0) is 19.8. The number of hydrogen-bond donors (Lipinski definition) is 0. The first kappa shape index (κ1) is 18.8. The van der Waals surface area contributed by atoms with Gasteiger partial charge in [-0.05, 0) is 34.0 Å². The molecule has 0 saturated heterocycles. The number of methoxy groups -OCH3 is 1. The third-order valence-corrected chi connectivity index (χ3v) is 6.44. The van der Waals surface area contributed by atoms with Gasteiger partial charge in [-0.3, -0.25) is 0 Å². The van der Waals surface area contributed by atoms with Crippen LogP contribution in [0.25, 0.3) is 21.3 Å². The number of aryl methyl sites for hydroxylation is 1. The van der Waals surface area contributed by atoms with Crippen molar-refractivity contribution in [2.75, 3.05) is 18.6 Å². The SMILES string of the molecule is COCc1nc(N2CCCc3oc(Br)cc3C2)c2c(-c3ccccc3)csc2n1. The van der Waals surface area contributed by atoms with E-state index in [1.165, 1.54) is 16.7 Å². The molecule has 5 nitrogen and oxygen atoms in total. The molecule has 0 aliphatic carbocycles. The van der Waals surface area contributed by atoms with Crippen molar-refractivity contribution in [2.45, 2.75) is 26.0 Å². The number of benzene rings is 1. The summed E-state index contributed by atoms with van der Waals surface area (Å²) >= 11 is 5.14. The van der Waals surface area contributed by atoms with E-state index in [0.29, 0.717) is 12.4 Å². The summed E-state index contributed by atoms with van der Waals surface area (Å²) in [5.74, 6) is 2.76. The van der Waals surface area contributed by atoms with Gasteiger partial charge in [-0.15, -0.1) is 11.3 Å². The van der Waals surface area contributed by atoms with Crippen LogP contribution in [0.4, 0.5) is 5.82 Å². The lowest BCUT2D eigenvalue weighted by atomic mass is 10.1. The van der Waals surface area contributed by atoms with Crippen molar-refractivity contribution in [2.24, 2.45) is 0 Å². The number of nitrogens with zero attached hydrogens (tertiary/aromatic N) is 3. The van der Waals surface area contributed by atoms with Crippen LogP contribution in [0.1, 0.15) is 23.6 Å².